The minimum absolute atomic E-state index is 0.396. The van der Waals surface area contributed by atoms with E-state index < -0.39 is 0 Å². The third-order valence-electron chi connectivity index (χ3n) is 2.65. The molecule has 94 valence electrons. The number of nitrogens with two attached hydrogens (primary N) is 1. The molecule has 0 spiro atoms. The van der Waals surface area contributed by atoms with Crippen LogP contribution in [0.2, 0.25) is 0 Å². The van der Waals surface area contributed by atoms with Crippen LogP contribution in [-0.2, 0) is 0 Å². The highest BCUT2D eigenvalue weighted by Crippen LogP contribution is 2.23. The predicted molar refractivity (Wildman–Crippen MR) is 76.6 cm³/mol. The Hall–Kier alpha value is -1.09. The van der Waals surface area contributed by atoms with Crippen molar-refractivity contribution in [3.05, 3.63) is 29.3 Å². The lowest BCUT2D eigenvalue weighted by atomic mass is 10.1. The fourth-order valence-corrected chi connectivity index (χ4v) is 1.86. The second-order valence-electron chi connectivity index (χ2n) is 4.70. The second-order valence-corrected chi connectivity index (χ2v) is 5.14. The highest BCUT2D eigenvalue weighted by molar-refractivity contribution is 7.80. The molecular weight excluding hydrogens is 230 g/mol. The topological polar surface area (TPSA) is 35.2 Å². The van der Waals surface area contributed by atoms with E-state index >= 15 is 0 Å². The molecule has 0 bridgehead atoms. The Kier molecular flexibility index (Phi) is 5.42. The highest BCUT2D eigenvalue weighted by atomic mass is 32.1. The first-order valence-corrected chi connectivity index (χ1v) is 6.45. The monoisotopic (exact) mass is 251 g/mol. The number of para-hydroxylation sites is 1. The van der Waals surface area contributed by atoms with Crippen LogP contribution in [0.5, 0.6) is 5.75 Å². The Morgan fingerprint density at radius 3 is 2.71 bits per heavy atom. The zero-order chi connectivity index (χ0) is 12.8. The Morgan fingerprint density at radius 1 is 1.41 bits per heavy atom. The second kappa shape index (κ2) is 6.60. The number of ether oxygens (including phenoxy) is 1. The van der Waals surface area contributed by atoms with Gasteiger partial charge in [0.2, 0.25) is 0 Å². The summed E-state index contributed by atoms with van der Waals surface area (Å²) < 4.78 is 5.81. The van der Waals surface area contributed by atoms with Crippen molar-refractivity contribution >= 4 is 17.2 Å². The molecule has 0 aliphatic carbocycles. The molecule has 1 aromatic rings. The van der Waals surface area contributed by atoms with Gasteiger partial charge < -0.3 is 10.5 Å². The Bertz CT molecular complexity index is 388. The van der Waals surface area contributed by atoms with E-state index in [1.54, 1.807) is 0 Å². The summed E-state index contributed by atoms with van der Waals surface area (Å²) in [6, 6.07) is 5.87. The van der Waals surface area contributed by atoms with Gasteiger partial charge in [-0.25, -0.2) is 0 Å². The minimum atomic E-state index is 0.396. The van der Waals surface area contributed by atoms with E-state index in [-0.39, 0.29) is 0 Å². The molecule has 0 heterocycles. The van der Waals surface area contributed by atoms with Crippen molar-refractivity contribution in [2.75, 3.05) is 6.61 Å². The zero-order valence-corrected chi connectivity index (χ0v) is 11.6. The molecular formula is C14H21NOS. The molecule has 2 nitrogen and oxygen atoms in total. The zero-order valence-electron chi connectivity index (χ0n) is 10.8. The summed E-state index contributed by atoms with van der Waals surface area (Å²) in [6.07, 6.45) is 2.23. The van der Waals surface area contributed by atoms with Gasteiger partial charge in [-0.15, -0.1) is 0 Å². The smallest absolute Gasteiger partial charge is 0.132 e. The van der Waals surface area contributed by atoms with Gasteiger partial charge in [0.1, 0.15) is 10.7 Å². The minimum Gasteiger partial charge on any atom is -0.493 e. The van der Waals surface area contributed by atoms with Crippen LogP contribution in [0.4, 0.5) is 0 Å². The van der Waals surface area contributed by atoms with Gasteiger partial charge in [0.15, 0.2) is 0 Å². The number of hydrogen-bond donors (Lipinski definition) is 1. The maximum absolute atomic E-state index is 5.81. The van der Waals surface area contributed by atoms with Crippen LogP contribution in [0.1, 0.15) is 37.8 Å². The van der Waals surface area contributed by atoms with E-state index in [9.17, 15) is 0 Å². The van der Waals surface area contributed by atoms with Crippen molar-refractivity contribution in [3.63, 3.8) is 0 Å². The molecule has 2 N–H and O–H groups in total. The van der Waals surface area contributed by atoms with Crippen molar-refractivity contribution in [1.29, 1.82) is 0 Å². The predicted octanol–water partition coefficient (Wildman–Crippen LogP) is 3.44. The van der Waals surface area contributed by atoms with Gasteiger partial charge >= 0.3 is 0 Å². The first kappa shape index (κ1) is 14.0. The normalized spacial score (nSPS) is 10.6. The maximum atomic E-state index is 5.81. The first-order valence-electron chi connectivity index (χ1n) is 6.04. The number of thiocarbonyl (C=S) groups is 1. The van der Waals surface area contributed by atoms with E-state index in [0.717, 1.165) is 29.9 Å². The number of benzene rings is 1. The van der Waals surface area contributed by atoms with Crippen LogP contribution in [0.25, 0.3) is 0 Å². The lowest BCUT2D eigenvalue weighted by Gasteiger charge is -2.13. The van der Waals surface area contributed by atoms with E-state index in [4.69, 9.17) is 22.7 Å². The van der Waals surface area contributed by atoms with Crippen molar-refractivity contribution in [1.82, 2.24) is 0 Å². The van der Waals surface area contributed by atoms with Gasteiger partial charge in [-0.2, -0.15) is 0 Å². The molecule has 0 saturated heterocycles. The fraction of sp³-hybridized carbons (Fsp3) is 0.500. The molecule has 1 rings (SSSR count). The molecule has 0 radical (unpaired) electrons. The molecule has 0 aliphatic heterocycles. The van der Waals surface area contributed by atoms with Gasteiger partial charge in [0.05, 0.1) is 12.2 Å². The van der Waals surface area contributed by atoms with E-state index in [0.29, 0.717) is 10.9 Å². The van der Waals surface area contributed by atoms with E-state index in [1.165, 1.54) is 6.42 Å². The Balaban J connectivity index is 2.66. The fourth-order valence-electron chi connectivity index (χ4n) is 1.70. The van der Waals surface area contributed by atoms with Gasteiger partial charge in [0.25, 0.3) is 0 Å². The van der Waals surface area contributed by atoms with Crippen LogP contribution in [-0.4, -0.2) is 11.6 Å². The maximum Gasteiger partial charge on any atom is 0.132 e. The number of rotatable bonds is 6. The molecule has 0 fully saturated rings. The van der Waals surface area contributed by atoms with Crippen LogP contribution in [0, 0.1) is 12.8 Å². The summed E-state index contributed by atoms with van der Waals surface area (Å²) >= 11 is 5.03. The van der Waals surface area contributed by atoms with Crippen LogP contribution >= 0.6 is 12.2 Å². The van der Waals surface area contributed by atoms with Gasteiger partial charge in [-0.3, -0.25) is 0 Å². The quantitative estimate of drug-likeness (QED) is 0.621. The average Bonchev–Trinajstić information content (AvgIpc) is 2.25. The number of hydrogen-bond acceptors (Lipinski definition) is 2. The molecule has 0 atom stereocenters. The van der Waals surface area contributed by atoms with Crippen molar-refractivity contribution in [3.8, 4) is 5.75 Å². The van der Waals surface area contributed by atoms with Gasteiger partial charge in [-0.1, -0.05) is 38.2 Å². The van der Waals surface area contributed by atoms with Crippen molar-refractivity contribution < 1.29 is 4.74 Å². The summed E-state index contributed by atoms with van der Waals surface area (Å²) in [7, 11) is 0. The summed E-state index contributed by atoms with van der Waals surface area (Å²) in [5, 5.41) is 0. The van der Waals surface area contributed by atoms with Gasteiger partial charge in [-0.05, 0) is 37.3 Å². The largest absolute Gasteiger partial charge is 0.493 e. The Morgan fingerprint density at radius 2 is 2.12 bits per heavy atom. The Labute approximate surface area is 109 Å². The third kappa shape index (κ3) is 4.35. The third-order valence-corrected chi connectivity index (χ3v) is 2.87. The summed E-state index contributed by atoms with van der Waals surface area (Å²) in [6.45, 7) is 7.17. The van der Waals surface area contributed by atoms with E-state index in [2.05, 4.69) is 13.8 Å². The molecule has 3 heteroatoms. The molecule has 17 heavy (non-hydrogen) atoms. The molecule has 0 saturated carbocycles. The lowest BCUT2D eigenvalue weighted by molar-refractivity contribution is 0.295. The van der Waals surface area contributed by atoms with Crippen molar-refractivity contribution in [2.24, 2.45) is 11.7 Å². The first-order chi connectivity index (χ1) is 8.02. The van der Waals surface area contributed by atoms with Crippen LogP contribution in [0.3, 0.4) is 0 Å². The molecule has 0 amide bonds. The molecule has 1 aromatic carbocycles. The van der Waals surface area contributed by atoms with Crippen LogP contribution < -0.4 is 10.5 Å². The standard InChI is InChI=1S/C14H21NOS/c1-10(2)6-5-9-16-13-11(3)7-4-8-12(13)14(15)17/h4,7-8,10H,5-6,9H2,1-3H3,(H2,15,17). The summed E-state index contributed by atoms with van der Waals surface area (Å²) in [5.41, 5.74) is 7.61. The SMILES string of the molecule is Cc1cccc(C(N)=S)c1OCCCC(C)C. The number of aryl methyl sites for hydroxylation is 1. The molecule has 0 aromatic heterocycles. The van der Waals surface area contributed by atoms with Gasteiger partial charge in [0, 0.05) is 0 Å². The van der Waals surface area contributed by atoms with E-state index in [1.807, 2.05) is 25.1 Å². The summed E-state index contributed by atoms with van der Waals surface area (Å²) in [5.74, 6) is 1.55. The highest BCUT2D eigenvalue weighted by Gasteiger charge is 2.08. The van der Waals surface area contributed by atoms with Crippen molar-refractivity contribution in [2.45, 2.75) is 33.6 Å². The summed E-state index contributed by atoms with van der Waals surface area (Å²) in [4.78, 5) is 0.396. The molecule has 0 unspecified atom stereocenters. The molecule has 0 aliphatic rings. The lowest BCUT2D eigenvalue weighted by Crippen LogP contribution is -2.13. The van der Waals surface area contributed by atoms with Crippen LogP contribution in [0.15, 0.2) is 18.2 Å². The average molecular weight is 251 g/mol.